The number of aliphatic hydroxyl groups is 1. The molecular weight excluding hydrogens is 292 g/mol. The van der Waals surface area contributed by atoms with Gasteiger partial charge >= 0.3 is 0 Å². The summed E-state index contributed by atoms with van der Waals surface area (Å²) in [7, 11) is 3.89. The van der Waals surface area contributed by atoms with E-state index in [0.717, 1.165) is 37.7 Å². The molecule has 0 bridgehead atoms. The van der Waals surface area contributed by atoms with Crippen LogP contribution in [0.4, 0.5) is 0 Å². The number of guanidine groups is 1. The first-order valence-corrected chi connectivity index (χ1v) is 8.41. The minimum Gasteiger partial charge on any atom is -0.396 e. The fourth-order valence-corrected chi connectivity index (χ4v) is 2.57. The van der Waals surface area contributed by atoms with Crippen molar-refractivity contribution in [1.29, 1.82) is 0 Å². The Labute approximate surface area is 139 Å². The molecule has 0 aromatic carbocycles. The summed E-state index contributed by atoms with van der Waals surface area (Å²) in [5.41, 5.74) is 0. The second kappa shape index (κ2) is 10.2. The van der Waals surface area contributed by atoms with Crippen LogP contribution in [-0.2, 0) is 13.6 Å². The van der Waals surface area contributed by atoms with Gasteiger partial charge in [0.2, 0.25) is 0 Å². The smallest absolute Gasteiger partial charge is 0.194 e. The van der Waals surface area contributed by atoms with E-state index < -0.39 is 0 Å². The number of nitrogens with one attached hydrogen (secondary N) is 1. The van der Waals surface area contributed by atoms with Crippen LogP contribution in [0.2, 0.25) is 0 Å². The molecule has 0 spiro atoms. The van der Waals surface area contributed by atoms with Crippen molar-refractivity contribution in [1.82, 2.24) is 25.0 Å². The van der Waals surface area contributed by atoms with Crippen LogP contribution in [0.15, 0.2) is 11.3 Å². The Morgan fingerprint density at radius 1 is 1.48 bits per heavy atom. The molecule has 0 aliphatic rings. The Morgan fingerprint density at radius 2 is 2.22 bits per heavy atom. The molecule has 1 rings (SSSR count). The highest BCUT2D eigenvalue weighted by Crippen LogP contribution is 2.15. The second-order valence-electron chi connectivity index (χ2n) is 6.36. The second-order valence-corrected chi connectivity index (χ2v) is 6.36. The van der Waals surface area contributed by atoms with E-state index in [1.807, 2.05) is 14.1 Å². The predicted molar refractivity (Wildman–Crippen MR) is 93.1 cm³/mol. The first-order chi connectivity index (χ1) is 11.0. The van der Waals surface area contributed by atoms with Gasteiger partial charge in [0, 0.05) is 33.8 Å². The van der Waals surface area contributed by atoms with Gasteiger partial charge in [-0.2, -0.15) is 5.10 Å². The maximum absolute atomic E-state index is 9.24. The van der Waals surface area contributed by atoms with E-state index in [9.17, 15) is 5.11 Å². The highest BCUT2D eigenvalue weighted by molar-refractivity contribution is 5.79. The molecule has 1 unspecified atom stereocenters. The minimum absolute atomic E-state index is 0.220. The van der Waals surface area contributed by atoms with Crippen molar-refractivity contribution < 1.29 is 5.11 Å². The summed E-state index contributed by atoms with van der Waals surface area (Å²) < 4.78 is 1.77. The van der Waals surface area contributed by atoms with Crippen LogP contribution in [0, 0.1) is 11.8 Å². The highest BCUT2D eigenvalue weighted by atomic mass is 16.3. The number of nitrogens with zero attached hydrogens (tertiary/aromatic N) is 5. The zero-order valence-corrected chi connectivity index (χ0v) is 15.2. The van der Waals surface area contributed by atoms with Gasteiger partial charge in [-0.15, -0.1) is 0 Å². The lowest BCUT2D eigenvalue weighted by atomic mass is 9.94. The van der Waals surface area contributed by atoms with Gasteiger partial charge in [-0.25, -0.2) is 4.98 Å². The Balaban J connectivity index is 2.72. The molecular formula is C16H32N6O. The molecule has 7 nitrogen and oxygen atoms in total. The van der Waals surface area contributed by atoms with E-state index in [1.165, 1.54) is 0 Å². The van der Waals surface area contributed by atoms with Crippen molar-refractivity contribution >= 4 is 5.96 Å². The van der Waals surface area contributed by atoms with Gasteiger partial charge in [0.15, 0.2) is 5.96 Å². The zero-order chi connectivity index (χ0) is 17.2. The van der Waals surface area contributed by atoms with Crippen LogP contribution in [0.25, 0.3) is 0 Å². The Kier molecular flexibility index (Phi) is 8.61. The molecule has 0 aliphatic heterocycles. The Bertz CT molecular complexity index is 471. The topological polar surface area (TPSA) is 78.6 Å². The first kappa shape index (κ1) is 19.4. The third-order valence-corrected chi connectivity index (χ3v) is 3.72. The van der Waals surface area contributed by atoms with Gasteiger partial charge in [0.1, 0.15) is 12.2 Å². The highest BCUT2D eigenvalue weighted by Gasteiger charge is 2.13. The molecule has 1 aromatic rings. The van der Waals surface area contributed by atoms with E-state index in [2.05, 4.69) is 41.1 Å². The van der Waals surface area contributed by atoms with Crippen LogP contribution in [-0.4, -0.2) is 57.5 Å². The molecule has 7 heteroatoms. The molecule has 1 atom stereocenters. The van der Waals surface area contributed by atoms with Gasteiger partial charge in [-0.3, -0.25) is 9.67 Å². The summed E-state index contributed by atoms with van der Waals surface area (Å²) in [6.45, 7) is 8.89. The lowest BCUT2D eigenvalue weighted by molar-refractivity contribution is 0.245. The monoisotopic (exact) mass is 324 g/mol. The fraction of sp³-hybridized carbons (Fsp3) is 0.812. The summed E-state index contributed by atoms with van der Waals surface area (Å²) >= 11 is 0. The molecule has 0 saturated heterocycles. The van der Waals surface area contributed by atoms with Crippen LogP contribution in [0.3, 0.4) is 0 Å². The van der Waals surface area contributed by atoms with Crippen molar-refractivity contribution in [2.24, 2.45) is 23.9 Å². The van der Waals surface area contributed by atoms with Gasteiger partial charge in [0.25, 0.3) is 0 Å². The minimum atomic E-state index is 0.220. The van der Waals surface area contributed by atoms with Crippen molar-refractivity contribution in [3.63, 3.8) is 0 Å². The van der Waals surface area contributed by atoms with E-state index in [-0.39, 0.29) is 6.61 Å². The zero-order valence-electron chi connectivity index (χ0n) is 15.2. The van der Waals surface area contributed by atoms with Gasteiger partial charge in [0.05, 0.1) is 6.54 Å². The van der Waals surface area contributed by atoms with Crippen LogP contribution < -0.4 is 5.32 Å². The largest absolute Gasteiger partial charge is 0.396 e. The van der Waals surface area contributed by atoms with E-state index >= 15 is 0 Å². The summed E-state index contributed by atoms with van der Waals surface area (Å²) in [5.74, 6) is 2.78. The third-order valence-electron chi connectivity index (χ3n) is 3.72. The van der Waals surface area contributed by atoms with Crippen LogP contribution in [0.1, 0.15) is 39.4 Å². The van der Waals surface area contributed by atoms with Crippen LogP contribution >= 0.6 is 0 Å². The molecule has 2 N–H and O–H groups in total. The summed E-state index contributed by atoms with van der Waals surface area (Å²) in [6.07, 6.45) is 3.44. The molecule has 0 amide bonds. The average Bonchev–Trinajstić information content (AvgIpc) is 2.88. The standard InChI is InChI=1S/C16H32N6O/c1-6-17-16(18-10-14(7-8-23)9-13(2)3)21(4)11-15-19-12-20-22(15)5/h12-14,23H,6-11H2,1-5H3,(H,17,18). The molecule has 0 radical (unpaired) electrons. The van der Waals surface area contributed by atoms with Gasteiger partial charge in [-0.1, -0.05) is 13.8 Å². The van der Waals surface area contributed by atoms with Crippen molar-refractivity contribution in [2.45, 2.75) is 40.2 Å². The SMILES string of the molecule is CCNC(=NCC(CCO)CC(C)C)N(C)Cc1ncnn1C. The predicted octanol–water partition coefficient (Wildman–Crippen LogP) is 1.26. The summed E-state index contributed by atoms with van der Waals surface area (Å²) in [5, 5.41) is 16.7. The fourth-order valence-electron chi connectivity index (χ4n) is 2.57. The van der Waals surface area contributed by atoms with E-state index in [4.69, 9.17) is 4.99 Å². The number of aromatic nitrogens is 3. The molecule has 1 aromatic heterocycles. The number of hydrogen-bond donors (Lipinski definition) is 2. The number of aliphatic imine (C=N–C) groups is 1. The maximum atomic E-state index is 9.24. The van der Waals surface area contributed by atoms with E-state index in [1.54, 1.807) is 11.0 Å². The molecule has 23 heavy (non-hydrogen) atoms. The van der Waals surface area contributed by atoms with Crippen molar-refractivity contribution in [3.8, 4) is 0 Å². The normalized spacial score (nSPS) is 13.4. The number of hydrogen-bond acceptors (Lipinski definition) is 4. The number of aryl methyl sites for hydroxylation is 1. The summed E-state index contributed by atoms with van der Waals surface area (Å²) in [6, 6.07) is 0. The quantitative estimate of drug-likeness (QED) is 0.528. The van der Waals surface area contributed by atoms with Gasteiger partial charge in [-0.05, 0) is 31.6 Å². The van der Waals surface area contributed by atoms with Crippen molar-refractivity contribution in [2.75, 3.05) is 26.7 Å². The lowest BCUT2D eigenvalue weighted by Crippen LogP contribution is -2.39. The molecule has 132 valence electrons. The summed E-state index contributed by atoms with van der Waals surface area (Å²) in [4.78, 5) is 11.1. The number of aliphatic hydroxyl groups excluding tert-OH is 1. The Hall–Kier alpha value is -1.63. The van der Waals surface area contributed by atoms with E-state index in [0.29, 0.717) is 18.4 Å². The third kappa shape index (κ3) is 6.99. The van der Waals surface area contributed by atoms with Crippen molar-refractivity contribution in [3.05, 3.63) is 12.2 Å². The lowest BCUT2D eigenvalue weighted by Gasteiger charge is -2.23. The van der Waals surface area contributed by atoms with Gasteiger partial charge < -0.3 is 15.3 Å². The molecule has 1 heterocycles. The first-order valence-electron chi connectivity index (χ1n) is 8.41. The average molecular weight is 324 g/mol. The molecule has 0 saturated carbocycles. The van der Waals surface area contributed by atoms with Crippen LogP contribution in [0.5, 0.6) is 0 Å². The maximum Gasteiger partial charge on any atom is 0.194 e. The molecule has 0 fully saturated rings. The Morgan fingerprint density at radius 3 is 2.74 bits per heavy atom. The number of rotatable bonds is 9. The molecule has 0 aliphatic carbocycles.